The van der Waals surface area contributed by atoms with Crippen LogP contribution in [0, 0.1) is 0 Å². The molecule has 0 saturated heterocycles. The van der Waals surface area contributed by atoms with Crippen molar-refractivity contribution < 1.29 is 12.7 Å². The summed E-state index contributed by atoms with van der Waals surface area (Å²) >= 11 is 0. The van der Waals surface area contributed by atoms with Crippen molar-refractivity contribution in [2.24, 2.45) is 5.90 Å². The van der Waals surface area contributed by atoms with Crippen LogP contribution in [-0.2, 0) is 20.8 Å². The topological polar surface area (TPSA) is 82.3 Å². The third kappa shape index (κ3) is 2.92. The van der Waals surface area contributed by atoms with E-state index in [-0.39, 0.29) is 4.90 Å². The van der Waals surface area contributed by atoms with Crippen LogP contribution >= 0.6 is 0 Å². The fourth-order valence-electron chi connectivity index (χ4n) is 1.54. The molecule has 2 N–H and O–H groups in total. The largest absolute Gasteiger partial charge is 0.312 e. The smallest absolute Gasteiger partial charge is 0.261 e. The maximum atomic E-state index is 11.3. The summed E-state index contributed by atoms with van der Waals surface area (Å²) in [6.45, 7) is 0. The Balaban J connectivity index is 2.19. The average Bonchev–Trinajstić information content (AvgIpc) is 2.40. The van der Waals surface area contributed by atoms with E-state index in [9.17, 15) is 8.42 Å². The predicted molar refractivity (Wildman–Crippen MR) is 65.9 cm³/mol. The van der Waals surface area contributed by atoms with Crippen molar-refractivity contribution in [1.29, 1.82) is 0 Å². The van der Waals surface area contributed by atoms with Crippen LogP contribution in [0.25, 0.3) is 0 Å². The number of pyridine rings is 1. The molecule has 0 unspecified atom stereocenters. The van der Waals surface area contributed by atoms with Crippen molar-refractivity contribution >= 4 is 10.1 Å². The highest BCUT2D eigenvalue weighted by Crippen LogP contribution is 2.14. The van der Waals surface area contributed by atoms with Gasteiger partial charge in [-0.1, -0.05) is 18.2 Å². The van der Waals surface area contributed by atoms with Gasteiger partial charge in [-0.05, 0) is 29.8 Å². The Labute approximate surface area is 105 Å². The number of hydrogen-bond donors (Lipinski definition) is 1. The molecular formula is C12H12N2O3S. The van der Waals surface area contributed by atoms with E-state index in [1.54, 1.807) is 18.3 Å². The first-order valence-corrected chi connectivity index (χ1v) is 6.65. The summed E-state index contributed by atoms with van der Waals surface area (Å²) < 4.78 is 26.6. The van der Waals surface area contributed by atoms with E-state index < -0.39 is 10.1 Å². The van der Waals surface area contributed by atoms with E-state index in [0.717, 1.165) is 11.3 Å². The van der Waals surface area contributed by atoms with Crippen LogP contribution < -0.4 is 5.90 Å². The summed E-state index contributed by atoms with van der Waals surface area (Å²) in [5, 5.41) is 0. The zero-order valence-electron chi connectivity index (χ0n) is 9.48. The van der Waals surface area contributed by atoms with Crippen molar-refractivity contribution in [3.05, 3.63) is 59.9 Å². The van der Waals surface area contributed by atoms with Crippen molar-refractivity contribution in [3.8, 4) is 0 Å². The molecule has 0 amide bonds. The lowest BCUT2D eigenvalue weighted by atomic mass is 10.1. The first-order valence-electron chi connectivity index (χ1n) is 5.24. The van der Waals surface area contributed by atoms with Crippen LogP contribution in [0.4, 0.5) is 0 Å². The van der Waals surface area contributed by atoms with Gasteiger partial charge in [0.2, 0.25) is 0 Å². The van der Waals surface area contributed by atoms with Gasteiger partial charge in [-0.15, -0.1) is 0 Å². The normalized spacial score (nSPS) is 11.4. The number of benzene rings is 1. The Kier molecular flexibility index (Phi) is 3.71. The molecule has 5 nitrogen and oxygen atoms in total. The summed E-state index contributed by atoms with van der Waals surface area (Å²) in [4.78, 5) is 4.24. The van der Waals surface area contributed by atoms with Gasteiger partial charge in [-0.2, -0.15) is 18.6 Å². The van der Waals surface area contributed by atoms with Gasteiger partial charge in [-0.25, -0.2) is 0 Å². The molecule has 0 aliphatic rings. The Morgan fingerprint density at radius 3 is 2.39 bits per heavy atom. The van der Waals surface area contributed by atoms with Crippen LogP contribution in [0.2, 0.25) is 0 Å². The predicted octanol–water partition coefficient (Wildman–Crippen LogP) is 1.25. The fourth-order valence-corrected chi connectivity index (χ4v) is 2.12. The third-order valence-corrected chi connectivity index (χ3v) is 3.55. The molecule has 1 aromatic heterocycles. The minimum Gasteiger partial charge on any atom is -0.261 e. The van der Waals surface area contributed by atoms with Gasteiger partial charge < -0.3 is 0 Å². The quantitative estimate of drug-likeness (QED) is 0.840. The molecule has 2 rings (SSSR count). The van der Waals surface area contributed by atoms with Gasteiger partial charge in [0, 0.05) is 18.3 Å². The zero-order valence-corrected chi connectivity index (χ0v) is 10.3. The second kappa shape index (κ2) is 5.26. The molecule has 6 heteroatoms. The highest BCUT2D eigenvalue weighted by Gasteiger charge is 2.12. The van der Waals surface area contributed by atoms with Crippen LogP contribution in [-0.4, -0.2) is 13.4 Å². The number of hydrogen-bond acceptors (Lipinski definition) is 5. The van der Waals surface area contributed by atoms with E-state index in [0.29, 0.717) is 6.42 Å². The van der Waals surface area contributed by atoms with Crippen LogP contribution in [0.15, 0.2) is 53.6 Å². The zero-order chi connectivity index (χ0) is 13.0. The molecule has 1 heterocycles. The minimum atomic E-state index is -3.83. The Morgan fingerprint density at radius 1 is 1.11 bits per heavy atom. The van der Waals surface area contributed by atoms with E-state index in [1.807, 2.05) is 18.2 Å². The molecule has 94 valence electrons. The summed E-state index contributed by atoms with van der Waals surface area (Å²) in [6, 6.07) is 12.0. The molecule has 0 aliphatic carbocycles. The molecule has 0 saturated carbocycles. The third-order valence-electron chi connectivity index (χ3n) is 2.45. The van der Waals surface area contributed by atoms with Crippen molar-refractivity contribution in [2.45, 2.75) is 11.3 Å². The molecular weight excluding hydrogens is 252 g/mol. The van der Waals surface area contributed by atoms with E-state index in [4.69, 9.17) is 5.90 Å². The van der Waals surface area contributed by atoms with Crippen LogP contribution in [0.3, 0.4) is 0 Å². The van der Waals surface area contributed by atoms with Crippen molar-refractivity contribution in [3.63, 3.8) is 0 Å². The lowest BCUT2D eigenvalue weighted by molar-refractivity contribution is 0.333. The van der Waals surface area contributed by atoms with Crippen LogP contribution in [0.1, 0.15) is 11.3 Å². The second-order valence-corrected chi connectivity index (χ2v) is 5.26. The second-order valence-electron chi connectivity index (χ2n) is 3.69. The highest BCUT2D eigenvalue weighted by molar-refractivity contribution is 7.86. The average molecular weight is 264 g/mol. The summed E-state index contributed by atoms with van der Waals surface area (Å²) in [7, 11) is -3.83. The van der Waals surface area contributed by atoms with Crippen molar-refractivity contribution in [1.82, 2.24) is 4.98 Å². The molecule has 0 fully saturated rings. The van der Waals surface area contributed by atoms with E-state index >= 15 is 0 Å². The maximum Gasteiger partial charge on any atom is 0.312 e. The van der Waals surface area contributed by atoms with Gasteiger partial charge in [-0.3, -0.25) is 4.98 Å². The minimum absolute atomic E-state index is 0.0368. The van der Waals surface area contributed by atoms with E-state index in [1.165, 1.54) is 12.1 Å². The molecule has 0 bridgehead atoms. The monoisotopic (exact) mass is 264 g/mol. The summed E-state index contributed by atoms with van der Waals surface area (Å²) in [5.74, 6) is 4.70. The Bertz CT molecular complexity index is 610. The summed E-state index contributed by atoms with van der Waals surface area (Å²) in [5.41, 5.74) is 1.88. The molecule has 18 heavy (non-hydrogen) atoms. The maximum absolute atomic E-state index is 11.3. The first kappa shape index (κ1) is 12.7. The van der Waals surface area contributed by atoms with Gasteiger partial charge in [0.05, 0.1) is 4.90 Å². The molecule has 0 aliphatic heterocycles. The number of nitrogens with zero attached hydrogens (tertiary/aromatic N) is 1. The van der Waals surface area contributed by atoms with Gasteiger partial charge in [0.15, 0.2) is 0 Å². The van der Waals surface area contributed by atoms with E-state index in [2.05, 4.69) is 9.27 Å². The Morgan fingerprint density at radius 2 is 1.83 bits per heavy atom. The van der Waals surface area contributed by atoms with Gasteiger partial charge >= 0.3 is 10.1 Å². The van der Waals surface area contributed by atoms with Crippen LogP contribution in [0.5, 0.6) is 0 Å². The molecule has 0 radical (unpaired) electrons. The first-order chi connectivity index (χ1) is 8.62. The Hall–Kier alpha value is -1.76. The standard InChI is InChI=1S/C12H12N2O3S/c13-17-18(15,16)12-6-4-10(5-7-12)9-11-3-1-2-8-14-11/h1-8H,9,13H2. The lowest BCUT2D eigenvalue weighted by Crippen LogP contribution is -2.11. The number of nitrogens with two attached hydrogens (primary N) is 1. The molecule has 1 aromatic carbocycles. The lowest BCUT2D eigenvalue weighted by Gasteiger charge is -2.03. The number of rotatable bonds is 4. The SMILES string of the molecule is NOS(=O)(=O)c1ccc(Cc2ccccn2)cc1. The fraction of sp³-hybridized carbons (Fsp3) is 0.0833. The molecule has 0 spiro atoms. The number of aromatic nitrogens is 1. The van der Waals surface area contributed by atoms with Gasteiger partial charge in [0.1, 0.15) is 0 Å². The summed E-state index contributed by atoms with van der Waals surface area (Å²) in [6.07, 6.45) is 2.36. The molecule has 0 atom stereocenters. The highest BCUT2D eigenvalue weighted by atomic mass is 32.2. The molecule has 2 aromatic rings. The van der Waals surface area contributed by atoms with Gasteiger partial charge in [0.25, 0.3) is 0 Å². The van der Waals surface area contributed by atoms with Crippen molar-refractivity contribution in [2.75, 3.05) is 0 Å².